The number of hydrogen-bond acceptors (Lipinski definition) is 2. The van der Waals surface area contributed by atoms with E-state index in [2.05, 4.69) is 0 Å². The number of halogens is 2. The number of likely N-dealkylation sites (N-methyl/N-ethyl adjacent to an activating group) is 1. The number of hydrogen-bond donors (Lipinski definition) is 0. The van der Waals surface area contributed by atoms with Crippen molar-refractivity contribution in [3.05, 3.63) is 65.7 Å². The summed E-state index contributed by atoms with van der Waals surface area (Å²) in [6.07, 6.45) is 0. The van der Waals surface area contributed by atoms with Gasteiger partial charge in [0.1, 0.15) is 24.0 Å². The lowest BCUT2D eigenvalue weighted by molar-refractivity contribution is 0.0773. The number of ether oxygens (including phenoxy) is 1. The van der Waals surface area contributed by atoms with E-state index in [9.17, 15) is 13.6 Å². The molecule has 0 N–H and O–H groups in total. The maximum absolute atomic E-state index is 13.1. The van der Waals surface area contributed by atoms with Crippen LogP contribution in [0.5, 0.6) is 5.75 Å². The molecule has 0 aliphatic carbocycles. The van der Waals surface area contributed by atoms with Gasteiger partial charge in [0.05, 0.1) is 6.54 Å². The van der Waals surface area contributed by atoms with Gasteiger partial charge in [-0.1, -0.05) is 6.07 Å². The molecular formula is C16H15F2NO2. The molecule has 110 valence electrons. The molecule has 21 heavy (non-hydrogen) atoms. The molecule has 0 fully saturated rings. The van der Waals surface area contributed by atoms with Gasteiger partial charge in [0.15, 0.2) is 0 Å². The minimum absolute atomic E-state index is 0.267. The van der Waals surface area contributed by atoms with Gasteiger partial charge in [-0.15, -0.1) is 0 Å². The van der Waals surface area contributed by atoms with E-state index in [-0.39, 0.29) is 18.3 Å². The third kappa shape index (κ3) is 4.27. The highest BCUT2D eigenvalue weighted by atomic mass is 19.1. The molecule has 0 atom stereocenters. The molecule has 0 saturated heterocycles. The summed E-state index contributed by atoms with van der Waals surface area (Å²) in [7, 11) is 1.61. The Morgan fingerprint density at radius 1 is 1.10 bits per heavy atom. The van der Waals surface area contributed by atoms with Crippen molar-refractivity contribution >= 4 is 5.91 Å². The van der Waals surface area contributed by atoms with Crippen molar-refractivity contribution in [1.29, 1.82) is 0 Å². The van der Waals surface area contributed by atoms with Crippen LogP contribution >= 0.6 is 0 Å². The predicted molar refractivity (Wildman–Crippen MR) is 75.3 cm³/mol. The molecule has 2 rings (SSSR count). The molecule has 0 saturated carbocycles. The maximum Gasteiger partial charge on any atom is 0.253 e. The summed E-state index contributed by atoms with van der Waals surface area (Å²) in [5.41, 5.74) is 0.291. The Hall–Kier alpha value is -2.43. The van der Waals surface area contributed by atoms with E-state index in [1.165, 1.54) is 47.4 Å². The Bertz CT molecular complexity index is 614. The Balaban J connectivity index is 1.85. The highest BCUT2D eigenvalue weighted by Crippen LogP contribution is 2.11. The van der Waals surface area contributed by atoms with Crippen molar-refractivity contribution in [3.8, 4) is 5.75 Å². The van der Waals surface area contributed by atoms with Crippen LogP contribution in [0.3, 0.4) is 0 Å². The number of carbonyl (C=O) groups is 1. The number of carbonyl (C=O) groups excluding carboxylic acids is 1. The van der Waals surface area contributed by atoms with Gasteiger partial charge in [-0.3, -0.25) is 4.79 Å². The summed E-state index contributed by atoms with van der Waals surface area (Å²) in [6.45, 7) is 0.607. The lowest BCUT2D eigenvalue weighted by atomic mass is 10.2. The first-order chi connectivity index (χ1) is 10.1. The summed E-state index contributed by atoms with van der Waals surface area (Å²) < 4.78 is 31.2. The molecule has 0 heterocycles. The quantitative estimate of drug-likeness (QED) is 0.847. The fourth-order valence-corrected chi connectivity index (χ4v) is 1.77. The second-order valence-corrected chi connectivity index (χ2v) is 4.54. The van der Waals surface area contributed by atoms with Crippen LogP contribution in [0.1, 0.15) is 10.4 Å². The molecule has 1 amide bonds. The van der Waals surface area contributed by atoms with Crippen LogP contribution in [0.4, 0.5) is 8.78 Å². The number of amides is 1. The first-order valence-electron chi connectivity index (χ1n) is 6.45. The van der Waals surface area contributed by atoms with Crippen molar-refractivity contribution in [2.45, 2.75) is 0 Å². The van der Waals surface area contributed by atoms with E-state index in [0.717, 1.165) is 0 Å². The van der Waals surface area contributed by atoms with Crippen molar-refractivity contribution in [1.82, 2.24) is 4.90 Å². The molecule has 0 radical (unpaired) electrons. The second-order valence-electron chi connectivity index (χ2n) is 4.54. The molecule has 0 aliphatic rings. The molecule has 2 aromatic rings. The minimum atomic E-state index is -0.447. The third-order valence-corrected chi connectivity index (χ3v) is 2.93. The van der Waals surface area contributed by atoms with Crippen LogP contribution in [-0.4, -0.2) is 31.0 Å². The molecule has 2 aromatic carbocycles. The molecule has 0 aromatic heterocycles. The summed E-state index contributed by atoms with van der Waals surface area (Å²) in [5.74, 6) is -0.530. The van der Waals surface area contributed by atoms with Crippen LogP contribution in [-0.2, 0) is 0 Å². The average molecular weight is 291 g/mol. The van der Waals surface area contributed by atoms with Gasteiger partial charge in [0, 0.05) is 12.6 Å². The average Bonchev–Trinajstić information content (AvgIpc) is 2.48. The van der Waals surface area contributed by atoms with E-state index in [4.69, 9.17) is 4.74 Å². The number of rotatable bonds is 5. The van der Waals surface area contributed by atoms with E-state index < -0.39 is 5.82 Å². The van der Waals surface area contributed by atoms with Gasteiger partial charge >= 0.3 is 0 Å². The van der Waals surface area contributed by atoms with Crippen molar-refractivity contribution in [2.24, 2.45) is 0 Å². The normalized spacial score (nSPS) is 10.2. The zero-order valence-corrected chi connectivity index (χ0v) is 11.6. The topological polar surface area (TPSA) is 29.5 Å². The third-order valence-electron chi connectivity index (χ3n) is 2.93. The first kappa shape index (κ1) is 15.0. The largest absolute Gasteiger partial charge is 0.492 e. The standard InChI is InChI=1S/C16H15F2NO2/c1-19(16(20)12-3-2-4-14(18)11-12)9-10-21-15-7-5-13(17)6-8-15/h2-8,11H,9-10H2,1H3. The molecule has 0 aliphatic heterocycles. The lowest BCUT2D eigenvalue weighted by Crippen LogP contribution is -2.30. The summed E-state index contributed by atoms with van der Waals surface area (Å²) >= 11 is 0. The fraction of sp³-hybridized carbons (Fsp3) is 0.188. The Morgan fingerprint density at radius 2 is 1.81 bits per heavy atom. The van der Waals surface area contributed by atoms with Gasteiger partial charge in [0.2, 0.25) is 0 Å². The van der Waals surface area contributed by atoms with Gasteiger partial charge in [0.25, 0.3) is 5.91 Å². The van der Waals surface area contributed by atoms with Gasteiger partial charge in [-0.2, -0.15) is 0 Å². The smallest absolute Gasteiger partial charge is 0.253 e. The Kier molecular flexibility index (Phi) is 4.87. The van der Waals surface area contributed by atoms with Crippen molar-refractivity contribution in [3.63, 3.8) is 0 Å². The summed E-state index contributed by atoms with van der Waals surface area (Å²) in [6, 6.07) is 11.2. The van der Waals surface area contributed by atoms with Crippen LogP contribution < -0.4 is 4.74 Å². The van der Waals surface area contributed by atoms with E-state index in [0.29, 0.717) is 17.9 Å². The van der Waals surface area contributed by atoms with Crippen LogP contribution in [0.15, 0.2) is 48.5 Å². The number of benzene rings is 2. The molecule has 5 heteroatoms. The van der Waals surface area contributed by atoms with Crippen molar-refractivity contribution < 1.29 is 18.3 Å². The highest BCUT2D eigenvalue weighted by Gasteiger charge is 2.12. The first-order valence-corrected chi connectivity index (χ1v) is 6.45. The molecular weight excluding hydrogens is 276 g/mol. The van der Waals surface area contributed by atoms with E-state index in [1.807, 2.05) is 0 Å². The molecule has 0 spiro atoms. The van der Waals surface area contributed by atoms with Gasteiger partial charge in [-0.25, -0.2) is 8.78 Å². The Morgan fingerprint density at radius 3 is 2.48 bits per heavy atom. The highest BCUT2D eigenvalue weighted by molar-refractivity contribution is 5.94. The fourth-order valence-electron chi connectivity index (χ4n) is 1.77. The van der Waals surface area contributed by atoms with Crippen LogP contribution in [0, 0.1) is 11.6 Å². The summed E-state index contributed by atoms with van der Waals surface area (Å²) in [4.78, 5) is 13.5. The lowest BCUT2D eigenvalue weighted by Gasteiger charge is -2.17. The zero-order valence-electron chi connectivity index (χ0n) is 11.6. The predicted octanol–water partition coefficient (Wildman–Crippen LogP) is 3.12. The van der Waals surface area contributed by atoms with Gasteiger partial charge in [-0.05, 0) is 42.5 Å². The zero-order chi connectivity index (χ0) is 15.2. The minimum Gasteiger partial charge on any atom is -0.492 e. The Labute approximate surface area is 121 Å². The molecule has 3 nitrogen and oxygen atoms in total. The van der Waals surface area contributed by atoms with E-state index in [1.54, 1.807) is 13.1 Å². The van der Waals surface area contributed by atoms with Gasteiger partial charge < -0.3 is 9.64 Å². The number of nitrogens with zero attached hydrogens (tertiary/aromatic N) is 1. The monoisotopic (exact) mass is 291 g/mol. The summed E-state index contributed by atoms with van der Waals surface area (Å²) in [5, 5.41) is 0. The molecule has 0 bridgehead atoms. The van der Waals surface area contributed by atoms with Crippen LogP contribution in [0.2, 0.25) is 0 Å². The molecule has 0 unspecified atom stereocenters. The van der Waals surface area contributed by atoms with Crippen LogP contribution in [0.25, 0.3) is 0 Å². The van der Waals surface area contributed by atoms with Crippen molar-refractivity contribution in [2.75, 3.05) is 20.2 Å². The second kappa shape index (κ2) is 6.83. The van der Waals surface area contributed by atoms with E-state index >= 15 is 0 Å². The maximum atomic E-state index is 13.1. The SMILES string of the molecule is CN(CCOc1ccc(F)cc1)C(=O)c1cccc(F)c1.